The summed E-state index contributed by atoms with van der Waals surface area (Å²) in [5.41, 5.74) is 3.17. The second-order valence-corrected chi connectivity index (χ2v) is 5.82. The van der Waals surface area contributed by atoms with Crippen LogP contribution in [0.25, 0.3) is 16.7 Å². The Kier molecular flexibility index (Phi) is 6.57. The third kappa shape index (κ3) is 3.32. The van der Waals surface area contributed by atoms with Crippen LogP contribution < -0.4 is 0 Å². The number of allylic oxidation sites excluding steroid dienone is 2. The molecule has 0 radical (unpaired) electrons. The molecule has 0 aliphatic heterocycles. The summed E-state index contributed by atoms with van der Waals surface area (Å²) in [6.07, 6.45) is 3.30. The van der Waals surface area contributed by atoms with Gasteiger partial charge >= 0.3 is 0 Å². The molecule has 1 heterocycles. The van der Waals surface area contributed by atoms with Crippen LogP contribution in [0.1, 0.15) is 60.7 Å². The van der Waals surface area contributed by atoms with E-state index in [4.69, 9.17) is 0 Å². The number of hydrogen-bond donors (Lipinski definition) is 0. The molecule has 0 saturated heterocycles. The molecule has 0 spiro atoms. The Morgan fingerprint density at radius 3 is 2.30 bits per heavy atom. The van der Waals surface area contributed by atoms with Gasteiger partial charge in [-0.25, -0.2) is 4.98 Å². The molecule has 23 heavy (non-hydrogen) atoms. The third-order valence-corrected chi connectivity index (χ3v) is 4.46. The highest BCUT2D eigenvalue weighted by atomic mass is 15.1. The maximum absolute atomic E-state index is 9.36. The maximum atomic E-state index is 9.36. The Balaban J connectivity index is 0.000000615. The van der Waals surface area contributed by atoms with Gasteiger partial charge in [-0.1, -0.05) is 66.7 Å². The van der Waals surface area contributed by atoms with Crippen molar-refractivity contribution in [3.63, 3.8) is 0 Å². The number of aromatic nitrogens is 2. The standard InChI is InChI=1S/C16H17N3.2C2H6/c1-11-8-9-14(16(11,2)3)19-13-7-5-4-6-12(13)18-15(19)10-17;2*1-2/h4-7,9,11H,8H2,1-3H3;2*1-2H3. The molecule has 0 fully saturated rings. The lowest BCUT2D eigenvalue weighted by Crippen LogP contribution is -2.21. The molecule has 3 rings (SSSR count). The van der Waals surface area contributed by atoms with Crippen LogP contribution in [0.4, 0.5) is 0 Å². The minimum absolute atomic E-state index is 0.0646. The molecule has 1 aromatic heterocycles. The molecule has 1 aliphatic rings. The molecule has 0 saturated carbocycles. The number of hydrogen-bond acceptors (Lipinski definition) is 2. The van der Waals surface area contributed by atoms with E-state index in [1.54, 1.807) is 0 Å². The normalized spacial score (nSPS) is 18.2. The van der Waals surface area contributed by atoms with Gasteiger partial charge in [0, 0.05) is 11.1 Å². The van der Waals surface area contributed by atoms with E-state index in [0.29, 0.717) is 11.7 Å². The van der Waals surface area contributed by atoms with E-state index in [-0.39, 0.29) is 5.41 Å². The highest BCUT2D eigenvalue weighted by Crippen LogP contribution is 2.46. The van der Waals surface area contributed by atoms with Gasteiger partial charge in [-0.15, -0.1) is 0 Å². The van der Waals surface area contributed by atoms with Gasteiger partial charge < -0.3 is 0 Å². The van der Waals surface area contributed by atoms with E-state index in [0.717, 1.165) is 17.5 Å². The van der Waals surface area contributed by atoms with Gasteiger partial charge in [-0.05, 0) is 24.5 Å². The van der Waals surface area contributed by atoms with Crippen molar-refractivity contribution in [2.75, 3.05) is 0 Å². The molecule has 124 valence electrons. The van der Waals surface area contributed by atoms with Gasteiger partial charge in [0.25, 0.3) is 0 Å². The molecule has 0 amide bonds. The average molecular weight is 311 g/mol. The van der Waals surface area contributed by atoms with Crippen molar-refractivity contribution in [2.45, 2.75) is 54.9 Å². The lowest BCUT2D eigenvalue weighted by atomic mass is 9.81. The van der Waals surface area contributed by atoms with Crippen LogP contribution in [-0.2, 0) is 0 Å². The van der Waals surface area contributed by atoms with Crippen LogP contribution in [0.3, 0.4) is 0 Å². The monoisotopic (exact) mass is 311 g/mol. The van der Waals surface area contributed by atoms with Crippen LogP contribution in [-0.4, -0.2) is 9.55 Å². The van der Waals surface area contributed by atoms with Crippen LogP contribution in [0.2, 0.25) is 0 Å². The first-order valence-electron chi connectivity index (χ1n) is 8.64. The number of nitriles is 1. The fourth-order valence-corrected chi connectivity index (χ4v) is 2.82. The maximum Gasteiger partial charge on any atom is 0.218 e. The number of para-hydroxylation sites is 2. The fourth-order valence-electron chi connectivity index (χ4n) is 2.82. The van der Waals surface area contributed by atoms with Crippen molar-refractivity contribution in [1.29, 1.82) is 5.26 Å². The van der Waals surface area contributed by atoms with Gasteiger partial charge in [0.1, 0.15) is 6.07 Å². The predicted molar refractivity (Wildman–Crippen MR) is 99.0 cm³/mol. The quantitative estimate of drug-likeness (QED) is 0.661. The van der Waals surface area contributed by atoms with Gasteiger partial charge in [0.2, 0.25) is 5.82 Å². The van der Waals surface area contributed by atoms with E-state index < -0.39 is 0 Å². The molecule has 0 N–H and O–H groups in total. The summed E-state index contributed by atoms with van der Waals surface area (Å²) in [4.78, 5) is 4.43. The highest BCUT2D eigenvalue weighted by molar-refractivity contribution is 5.82. The van der Waals surface area contributed by atoms with E-state index in [2.05, 4.69) is 37.9 Å². The molecule has 1 unspecified atom stereocenters. The summed E-state index contributed by atoms with van der Waals surface area (Å²) in [5.74, 6) is 1.06. The fraction of sp³-hybridized carbons (Fsp3) is 0.500. The Hall–Kier alpha value is -2.08. The van der Waals surface area contributed by atoms with E-state index in [1.165, 1.54) is 5.70 Å². The highest BCUT2D eigenvalue weighted by Gasteiger charge is 2.36. The number of imidazole rings is 1. The molecular formula is C20H29N3. The number of benzene rings is 1. The van der Waals surface area contributed by atoms with E-state index in [9.17, 15) is 5.26 Å². The van der Waals surface area contributed by atoms with Crippen LogP contribution in [0.15, 0.2) is 30.3 Å². The molecule has 1 atom stereocenters. The van der Waals surface area contributed by atoms with Crippen molar-refractivity contribution in [3.8, 4) is 6.07 Å². The third-order valence-electron chi connectivity index (χ3n) is 4.46. The molecule has 1 aliphatic carbocycles. The van der Waals surface area contributed by atoms with Crippen molar-refractivity contribution in [3.05, 3.63) is 36.2 Å². The zero-order valence-corrected chi connectivity index (χ0v) is 15.5. The zero-order valence-electron chi connectivity index (χ0n) is 15.5. The number of nitrogens with zero attached hydrogens (tertiary/aromatic N) is 3. The molecular weight excluding hydrogens is 282 g/mol. The second-order valence-electron chi connectivity index (χ2n) is 5.82. The summed E-state index contributed by atoms with van der Waals surface area (Å²) < 4.78 is 2.03. The second kappa shape index (κ2) is 7.97. The first-order valence-corrected chi connectivity index (χ1v) is 8.64. The minimum Gasteiger partial charge on any atom is -0.288 e. The topological polar surface area (TPSA) is 41.6 Å². The molecule has 0 bridgehead atoms. The molecule has 1 aromatic carbocycles. The number of fused-ring (bicyclic) bond motifs is 1. The first-order chi connectivity index (χ1) is 11.1. The van der Waals surface area contributed by atoms with Crippen molar-refractivity contribution < 1.29 is 0 Å². The molecule has 3 nitrogen and oxygen atoms in total. The summed E-state index contributed by atoms with van der Waals surface area (Å²) in [6, 6.07) is 10.2. The van der Waals surface area contributed by atoms with Crippen molar-refractivity contribution in [1.82, 2.24) is 9.55 Å². The Bertz CT molecular complexity index is 714. The smallest absolute Gasteiger partial charge is 0.218 e. The van der Waals surface area contributed by atoms with Crippen LogP contribution in [0, 0.1) is 22.7 Å². The Morgan fingerprint density at radius 2 is 1.78 bits per heavy atom. The summed E-state index contributed by atoms with van der Waals surface area (Å²) in [7, 11) is 0. The zero-order chi connectivity index (χ0) is 17.6. The SMILES string of the molecule is CC.CC.CC1CC=C(n2c(C#N)nc3ccccc32)C1(C)C. The van der Waals surface area contributed by atoms with E-state index >= 15 is 0 Å². The largest absolute Gasteiger partial charge is 0.288 e. The Labute approximate surface area is 140 Å². The number of rotatable bonds is 1. The van der Waals surface area contributed by atoms with Crippen molar-refractivity contribution >= 4 is 16.7 Å². The summed E-state index contributed by atoms with van der Waals surface area (Å²) in [5, 5.41) is 9.36. The molecule has 3 heteroatoms. The van der Waals surface area contributed by atoms with Gasteiger partial charge in [0.05, 0.1) is 11.0 Å². The van der Waals surface area contributed by atoms with Gasteiger partial charge in [-0.3, -0.25) is 4.57 Å². The van der Waals surface area contributed by atoms with Crippen molar-refractivity contribution in [2.24, 2.45) is 11.3 Å². The van der Waals surface area contributed by atoms with Gasteiger partial charge in [0.15, 0.2) is 0 Å². The van der Waals surface area contributed by atoms with E-state index in [1.807, 2.05) is 56.5 Å². The average Bonchev–Trinajstić information content (AvgIpc) is 3.08. The predicted octanol–water partition coefficient (Wildman–Crippen LogP) is 5.87. The van der Waals surface area contributed by atoms with Crippen LogP contribution >= 0.6 is 0 Å². The summed E-state index contributed by atoms with van der Waals surface area (Å²) in [6.45, 7) is 14.7. The minimum atomic E-state index is 0.0646. The lowest BCUT2D eigenvalue weighted by Gasteiger charge is -2.29. The van der Waals surface area contributed by atoms with Gasteiger partial charge in [-0.2, -0.15) is 5.26 Å². The Morgan fingerprint density at radius 1 is 1.17 bits per heavy atom. The van der Waals surface area contributed by atoms with Crippen LogP contribution in [0.5, 0.6) is 0 Å². The summed E-state index contributed by atoms with van der Waals surface area (Å²) >= 11 is 0. The molecule has 2 aromatic rings. The first kappa shape index (κ1) is 19.0. The lowest BCUT2D eigenvalue weighted by molar-refractivity contribution is 0.338.